The second-order valence-corrected chi connectivity index (χ2v) is 2.56. The van der Waals surface area contributed by atoms with Gasteiger partial charge in [-0.2, -0.15) is 0 Å². The molecule has 72 valence electrons. The first-order valence-electron chi connectivity index (χ1n) is 4.05. The summed E-state index contributed by atoms with van der Waals surface area (Å²) in [5, 5.41) is 2.86. The van der Waals surface area contributed by atoms with Crippen molar-refractivity contribution in [2.45, 2.75) is 0 Å². The average Bonchev–Trinajstić information content (AvgIpc) is 2.17. The number of nitrogens with one attached hydrogen (secondary N) is 1. The van der Waals surface area contributed by atoms with Gasteiger partial charge in [-0.15, -0.1) is 0 Å². The fourth-order valence-electron chi connectivity index (χ4n) is 0.974. The number of ether oxygens (including phenoxy) is 1. The van der Waals surface area contributed by atoms with E-state index in [0.717, 1.165) is 0 Å². The van der Waals surface area contributed by atoms with E-state index >= 15 is 0 Å². The number of nitrogens with two attached hydrogens (primary N) is 1. The maximum absolute atomic E-state index is 13.1. The molecule has 0 atom stereocenters. The molecule has 0 saturated heterocycles. The van der Waals surface area contributed by atoms with Gasteiger partial charge in [0.2, 0.25) is 0 Å². The molecule has 3 nitrogen and oxygen atoms in total. The minimum atomic E-state index is -0.297. The summed E-state index contributed by atoms with van der Waals surface area (Å²) in [5.74, 6) is 0.329. The molecule has 0 heterocycles. The molecule has 0 bridgehead atoms. The molecule has 0 aromatic heterocycles. The first-order valence-corrected chi connectivity index (χ1v) is 4.05. The van der Waals surface area contributed by atoms with Gasteiger partial charge in [0.15, 0.2) is 0 Å². The van der Waals surface area contributed by atoms with E-state index in [9.17, 15) is 4.39 Å². The molecule has 0 fully saturated rings. The van der Waals surface area contributed by atoms with Crippen LogP contribution in [0.4, 0.5) is 10.1 Å². The quantitative estimate of drug-likeness (QED) is 0.739. The van der Waals surface area contributed by atoms with Gasteiger partial charge >= 0.3 is 0 Å². The monoisotopic (exact) mass is 184 g/mol. The van der Waals surface area contributed by atoms with Crippen LogP contribution in [0.2, 0.25) is 0 Å². The Hall–Kier alpha value is -1.29. The minimum Gasteiger partial charge on any atom is -0.497 e. The zero-order valence-electron chi connectivity index (χ0n) is 7.51. The molecular formula is C9H13FN2O. The third kappa shape index (κ3) is 2.59. The molecule has 0 aliphatic heterocycles. The van der Waals surface area contributed by atoms with Gasteiger partial charge < -0.3 is 15.8 Å². The molecule has 0 spiro atoms. The number of benzene rings is 1. The van der Waals surface area contributed by atoms with Gasteiger partial charge in [-0.05, 0) is 12.1 Å². The average molecular weight is 184 g/mol. The van der Waals surface area contributed by atoms with Crippen molar-refractivity contribution in [3.05, 3.63) is 24.0 Å². The summed E-state index contributed by atoms with van der Waals surface area (Å²) in [5.41, 5.74) is 5.70. The molecule has 0 radical (unpaired) electrons. The highest BCUT2D eigenvalue weighted by Gasteiger charge is 2.01. The molecule has 1 aromatic rings. The Morgan fingerprint density at radius 1 is 1.54 bits per heavy atom. The van der Waals surface area contributed by atoms with Crippen LogP contribution in [0.3, 0.4) is 0 Å². The summed E-state index contributed by atoms with van der Waals surface area (Å²) in [6.45, 7) is 1.01. The lowest BCUT2D eigenvalue weighted by Crippen LogP contribution is -2.13. The van der Waals surface area contributed by atoms with Crippen LogP contribution in [-0.4, -0.2) is 20.2 Å². The molecule has 4 heteroatoms. The zero-order valence-corrected chi connectivity index (χ0v) is 7.51. The van der Waals surface area contributed by atoms with E-state index in [1.165, 1.54) is 6.07 Å². The summed E-state index contributed by atoms with van der Waals surface area (Å²) in [6, 6.07) is 4.53. The van der Waals surface area contributed by atoms with Crippen molar-refractivity contribution in [2.24, 2.45) is 5.73 Å². The summed E-state index contributed by atoms with van der Waals surface area (Å²) in [4.78, 5) is 0. The summed E-state index contributed by atoms with van der Waals surface area (Å²) in [6.07, 6.45) is 0. The molecule has 13 heavy (non-hydrogen) atoms. The second-order valence-electron chi connectivity index (χ2n) is 2.56. The van der Waals surface area contributed by atoms with E-state index in [1.54, 1.807) is 19.2 Å². The van der Waals surface area contributed by atoms with Gasteiger partial charge in [-0.3, -0.25) is 0 Å². The van der Waals surface area contributed by atoms with Crippen molar-refractivity contribution >= 4 is 5.69 Å². The van der Waals surface area contributed by atoms with Crippen LogP contribution in [0.25, 0.3) is 0 Å². The second kappa shape index (κ2) is 4.67. The van der Waals surface area contributed by atoms with Crippen LogP contribution in [0.5, 0.6) is 5.75 Å². The van der Waals surface area contributed by atoms with Crippen molar-refractivity contribution in [1.29, 1.82) is 0 Å². The predicted molar refractivity (Wildman–Crippen MR) is 50.5 cm³/mol. The van der Waals surface area contributed by atoms with Crippen molar-refractivity contribution < 1.29 is 9.13 Å². The van der Waals surface area contributed by atoms with Crippen LogP contribution >= 0.6 is 0 Å². The Morgan fingerprint density at radius 2 is 2.31 bits per heavy atom. The predicted octanol–water partition coefficient (Wildman–Crippen LogP) is 1.20. The molecule has 0 unspecified atom stereocenters. The van der Waals surface area contributed by atoms with Crippen molar-refractivity contribution in [3.63, 3.8) is 0 Å². The maximum atomic E-state index is 13.1. The SMILES string of the molecule is COc1ccc(F)c(NCCN)c1. The number of hydrogen-bond acceptors (Lipinski definition) is 3. The lowest BCUT2D eigenvalue weighted by molar-refractivity contribution is 0.414. The highest BCUT2D eigenvalue weighted by atomic mass is 19.1. The highest BCUT2D eigenvalue weighted by Crippen LogP contribution is 2.20. The first-order chi connectivity index (χ1) is 6.27. The standard InChI is InChI=1S/C9H13FN2O/c1-13-7-2-3-8(10)9(6-7)12-5-4-11/h2-3,6,12H,4-5,11H2,1H3. The molecule has 0 aliphatic carbocycles. The van der Waals surface area contributed by atoms with E-state index in [0.29, 0.717) is 24.5 Å². The fraction of sp³-hybridized carbons (Fsp3) is 0.333. The Kier molecular flexibility index (Phi) is 3.52. The maximum Gasteiger partial charge on any atom is 0.146 e. The van der Waals surface area contributed by atoms with Crippen LogP contribution in [-0.2, 0) is 0 Å². The number of anilines is 1. The zero-order chi connectivity index (χ0) is 9.68. The lowest BCUT2D eigenvalue weighted by atomic mass is 10.3. The van der Waals surface area contributed by atoms with Gasteiger partial charge in [0.1, 0.15) is 11.6 Å². The van der Waals surface area contributed by atoms with E-state index in [1.807, 2.05) is 0 Å². The molecular weight excluding hydrogens is 171 g/mol. The Bertz CT molecular complexity index is 278. The van der Waals surface area contributed by atoms with Gasteiger partial charge in [0.05, 0.1) is 12.8 Å². The first kappa shape index (κ1) is 9.80. The normalized spacial score (nSPS) is 9.77. The topological polar surface area (TPSA) is 47.3 Å². The van der Waals surface area contributed by atoms with Crippen LogP contribution in [0.15, 0.2) is 18.2 Å². The van der Waals surface area contributed by atoms with E-state index in [4.69, 9.17) is 10.5 Å². The molecule has 0 saturated carbocycles. The summed E-state index contributed by atoms with van der Waals surface area (Å²) < 4.78 is 18.0. The van der Waals surface area contributed by atoms with Crippen LogP contribution in [0, 0.1) is 5.82 Å². The van der Waals surface area contributed by atoms with Gasteiger partial charge in [0.25, 0.3) is 0 Å². The van der Waals surface area contributed by atoms with E-state index < -0.39 is 0 Å². The van der Waals surface area contributed by atoms with Crippen LogP contribution < -0.4 is 15.8 Å². The number of methoxy groups -OCH3 is 1. The lowest BCUT2D eigenvalue weighted by Gasteiger charge is -2.07. The summed E-state index contributed by atoms with van der Waals surface area (Å²) >= 11 is 0. The third-order valence-electron chi connectivity index (χ3n) is 1.63. The van der Waals surface area contributed by atoms with Gasteiger partial charge in [0, 0.05) is 19.2 Å². The Morgan fingerprint density at radius 3 is 2.92 bits per heavy atom. The van der Waals surface area contributed by atoms with Crippen molar-refractivity contribution in [3.8, 4) is 5.75 Å². The van der Waals surface area contributed by atoms with Crippen molar-refractivity contribution in [1.82, 2.24) is 0 Å². The smallest absolute Gasteiger partial charge is 0.146 e. The van der Waals surface area contributed by atoms with Gasteiger partial charge in [-0.1, -0.05) is 0 Å². The molecule has 1 rings (SSSR count). The number of hydrogen-bond donors (Lipinski definition) is 2. The van der Waals surface area contributed by atoms with E-state index in [2.05, 4.69) is 5.32 Å². The number of halogens is 1. The Balaban J connectivity index is 2.78. The van der Waals surface area contributed by atoms with Crippen LogP contribution in [0.1, 0.15) is 0 Å². The highest BCUT2D eigenvalue weighted by molar-refractivity contribution is 5.49. The Labute approximate surface area is 76.7 Å². The van der Waals surface area contributed by atoms with E-state index in [-0.39, 0.29) is 5.82 Å². The third-order valence-corrected chi connectivity index (χ3v) is 1.63. The van der Waals surface area contributed by atoms with Gasteiger partial charge in [-0.25, -0.2) is 4.39 Å². The molecule has 3 N–H and O–H groups in total. The fourth-order valence-corrected chi connectivity index (χ4v) is 0.974. The number of rotatable bonds is 4. The molecule has 0 amide bonds. The molecule has 0 aliphatic rings. The molecule has 1 aromatic carbocycles. The summed E-state index contributed by atoms with van der Waals surface area (Å²) in [7, 11) is 1.54. The minimum absolute atomic E-state index is 0.297. The largest absolute Gasteiger partial charge is 0.497 e. The van der Waals surface area contributed by atoms with Crippen molar-refractivity contribution in [2.75, 3.05) is 25.5 Å².